The third-order valence-corrected chi connectivity index (χ3v) is 8.54. The first kappa shape index (κ1) is 30.3. The van der Waals surface area contributed by atoms with Gasteiger partial charge in [-0.3, -0.25) is 9.52 Å². The minimum absolute atomic E-state index is 0.0505. The Morgan fingerprint density at radius 1 is 0.976 bits per heavy atom. The lowest BCUT2D eigenvalue weighted by molar-refractivity contribution is -0.140. The Hall–Kier alpha value is -3.67. The Labute approximate surface area is 237 Å². The zero-order valence-corrected chi connectivity index (χ0v) is 24.1. The summed E-state index contributed by atoms with van der Waals surface area (Å²) in [5.74, 6) is -0.725. The number of hydrogen-bond acceptors (Lipinski definition) is 6. The van der Waals surface area contributed by atoms with E-state index in [1.54, 1.807) is 30.3 Å². The molecule has 12 heteroatoms. The molecule has 0 radical (unpaired) electrons. The van der Waals surface area contributed by atoms with E-state index in [-0.39, 0.29) is 33.9 Å². The van der Waals surface area contributed by atoms with Crippen LogP contribution in [0.2, 0.25) is 0 Å². The highest BCUT2D eigenvalue weighted by Gasteiger charge is 2.36. The van der Waals surface area contributed by atoms with Gasteiger partial charge in [0.15, 0.2) is 5.03 Å². The number of anilines is 2. The number of aromatic nitrogens is 2. The fraction of sp³-hybridized carbons (Fsp3) is 0.414. The van der Waals surface area contributed by atoms with Crippen molar-refractivity contribution in [3.05, 3.63) is 65.7 Å². The van der Waals surface area contributed by atoms with E-state index in [9.17, 15) is 31.5 Å². The van der Waals surface area contributed by atoms with E-state index in [0.717, 1.165) is 12.1 Å². The first-order valence-corrected chi connectivity index (χ1v) is 14.6. The molecule has 1 aromatic carbocycles. The number of nitrogens with one attached hydrogen (secondary N) is 1. The van der Waals surface area contributed by atoms with Gasteiger partial charge in [-0.1, -0.05) is 58.0 Å². The highest BCUT2D eigenvalue weighted by Crippen LogP contribution is 2.41. The Morgan fingerprint density at radius 3 is 2.24 bits per heavy atom. The number of sulfonamides is 1. The molecule has 0 saturated carbocycles. The third-order valence-electron chi connectivity index (χ3n) is 7.29. The lowest BCUT2D eigenvalue weighted by Gasteiger charge is -2.39. The summed E-state index contributed by atoms with van der Waals surface area (Å²) < 4.78 is 70.9. The van der Waals surface area contributed by atoms with Crippen LogP contribution in [0.4, 0.5) is 24.8 Å². The number of hydrogen-bond donors (Lipinski definition) is 2. The second-order valence-electron chi connectivity index (χ2n) is 11.7. The van der Waals surface area contributed by atoms with Crippen LogP contribution < -0.4 is 9.62 Å². The summed E-state index contributed by atoms with van der Waals surface area (Å²) in [6, 6.07) is 12.9. The summed E-state index contributed by atoms with van der Waals surface area (Å²) >= 11 is 0. The molecule has 8 nitrogen and oxygen atoms in total. The maximum Gasteiger partial charge on any atom is 0.418 e. The van der Waals surface area contributed by atoms with Gasteiger partial charge in [0.05, 0.1) is 17.7 Å². The molecule has 2 aromatic heterocycles. The molecular formula is C29H33F3N4O4S. The molecule has 1 aliphatic rings. The van der Waals surface area contributed by atoms with Gasteiger partial charge in [0, 0.05) is 18.7 Å². The van der Waals surface area contributed by atoms with Gasteiger partial charge in [0.25, 0.3) is 10.0 Å². The van der Waals surface area contributed by atoms with Crippen molar-refractivity contribution in [2.24, 2.45) is 5.41 Å². The van der Waals surface area contributed by atoms with Crippen molar-refractivity contribution in [2.75, 3.05) is 22.7 Å². The van der Waals surface area contributed by atoms with Crippen molar-refractivity contribution in [3.63, 3.8) is 0 Å². The number of nitrogens with zero attached hydrogens (tertiary/aromatic N) is 3. The van der Waals surface area contributed by atoms with Crippen LogP contribution in [0.25, 0.3) is 11.3 Å². The maximum absolute atomic E-state index is 14.0. The lowest BCUT2D eigenvalue weighted by Crippen LogP contribution is -2.40. The average Bonchev–Trinajstić information content (AvgIpc) is 2.87. The molecule has 0 aliphatic carbocycles. The van der Waals surface area contributed by atoms with Gasteiger partial charge in [0.2, 0.25) is 0 Å². The van der Waals surface area contributed by atoms with Crippen molar-refractivity contribution < 1.29 is 31.5 Å². The molecule has 0 unspecified atom stereocenters. The molecule has 4 rings (SSSR count). The molecule has 0 atom stereocenters. The molecule has 1 aliphatic heterocycles. The standard InChI is InChI=1S/C29H33F3N4O4S/c1-27(2,3)20-9-6-5-8-19(20)26-21(29(30,31)32)12-13-22(33-26)35-41(39,40)24-11-7-10-23(34-24)36-16-14-28(4,15-17-36)18-25(37)38/h5-13H,14-18H2,1-4H3,(H,33,35)(H,37,38). The summed E-state index contributed by atoms with van der Waals surface area (Å²) in [7, 11) is -4.31. The van der Waals surface area contributed by atoms with E-state index in [4.69, 9.17) is 0 Å². The van der Waals surface area contributed by atoms with Crippen LogP contribution in [0.15, 0.2) is 59.6 Å². The molecular weight excluding hydrogens is 557 g/mol. The van der Waals surface area contributed by atoms with Gasteiger partial charge in [-0.25, -0.2) is 9.97 Å². The Kier molecular flexibility index (Phi) is 8.10. The van der Waals surface area contributed by atoms with E-state index in [2.05, 4.69) is 14.7 Å². The normalized spacial score (nSPS) is 15.9. The van der Waals surface area contributed by atoms with Crippen molar-refractivity contribution in [3.8, 4) is 11.3 Å². The average molecular weight is 591 g/mol. The van der Waals surface area contributed by atoms with Crippen LogP contribution in [-0.4, -0.2) is 42.6 Å². The van der Waals surface area contributed by atoms with Crippen LogP contribution in [0.1, 0.15) is 58.1 Å². The monoisotopic (exact) mass is 590 g/mol. The highest BCUT2D eigenvalue weighted by molar-refractivity contribution is 7.92. The van der Waals surface area contributed by atoms with E-state index < -0.39 is 33.1 Å². The number of carboxylic acids is 1. The molecule has 0 amide bonds. The lowest BCUT2D eigenvalue weighted by atomic mass is 9.77. The van der Waals surface area contributed by atoms with Crippen LogP contribution in [0.5, 0.6) is 0 Å². The number of aliphatic carboxylic acids is 1. The zero-order chi connectivity index (χ0) is 30.2. The minimum Gasteiger partial charge on any atom is -0.481 e. The minimum atomic E-state index is -4.71. The smallest absolute Gasteiger partial charge is 0.418 e. The quantitative estimate of drug-likeness (QED) is 0.330. The molecule has 3 heterocycles. The molecule has 220 valence electrons. The van der Waals surface area contributed by atoms with Crippen molar-refractivity contribution >= 4 is 27.6 Å². The number of benzene rings is 1. The van der Waals surface area contributed by atoms with E-state index in [0.29, 0.717) is 37.3 Å². The molecule has 0 bridgehead atoms. The SMILES string of the molecule is CC1(CC(=O)O)CCN(c2cccc(S(=O)(=O)Nc3ccc(C(F)(F)F)c(-c4ccccc4C(C)(C)C)n3)n2)CC1. The molecule has 1 saturated heterocycles. The second kappa shape index (κ2) is 11.0. The summed E-state index contributed by atoms with van der Waals surface area (Å²) in [5, 5.41) is 8.87. The van der Waals surface area contributed by atoms with Crippen molar-refractivity contribution in [1.82, 2.24) is 9.97 Å². The van der Waals surface area contributed by atoms with Crippen LogP contribution in [0.3, 0.4) is 0 Å². The number of halogens is 3. The molecule has 2 N–H and O–H groups in total. The fourth-order valence-electron chi connectivity index (χ4n) is 5.03. The number of pyridine rings is 2. The maximum atomic E-state index is 14.0. The topological polar surface area (TPSA) is 112 Å². The molecule has 0 spiro atoms. The Bertz CT molecular complexity index is 1540. The van der Waals surface area contributed by atoms with Gasteiger partial charge in [-0.15, -0.1) is 0 Å². The van der Waals surface area contributed by atoms with Crippen molar-refractivity contribution in [2.45, 2.75) is 63.6 Å². The summed E-state index contributed by atoms with van der Waals surface area (Å²) in [6.07, 6.45) is -3.46. The highest BCUT2D eigenvalue weighted by atomic mass is 32.2. The first-order chi connectivity index (χ1) is 19.0. The van der Waals surface area contributed by atoms with Gasteiger partial charge in [-0.2, -0.15) is 21.6 Å². The van der Waals surface area contributed by atoms with E-state index in [1.165, 1.54) is 12.1 Å². The van der Waals surface area contributed by atoms with E-state index >= 15 is 0 Å². The van der Waals surface area contributed by atoms with Gasteiger partial charge in [0.1, 0.15) is 11.6 Å². The molecule has 41 heavy (non-hydrogen) atoms. The molecule has 1 fully saturated rings. The zero-order valence-electron chi connectivity index (χ0n) is 23.3. The Morgan fingerprint density at radius 2 is 1.63 bits per heavy atom. The van der Waals surface area contributed by atoms with Gasteiger partial charge < -0.3 is 10.0 Å². The summed E-state index contributed by atoms with van der Waals surface area (Å²) in [4.78, 5) is 21.5. The van der Waals surface area contributed by atoms with Crippen molar-refractivity contribution in [1.29, 1.82) is 0 Å². The number of carbonyl (C=O) groups is 1. The van der Waals surface area contributed by atoms with Gasteiger partial charge >= 0.3 is 12.1 Å². The first-order valence-electron chi connectivity index (χ1n) is 13.1. The van der Waals surface area contributed by atoms with Crippen LogP contribution in [-0.2, 0) is 26.4 Å². The Balaban J connectivity index is 1.64. The van der Waals surface area contributed by atoms with Crippen LogP contribution in [0, 0.1) is 5.41 Å². The van der Waals surface area contributed by atoms with Crippen LogP contribution >= 0.6 is 0 Å². The molecule has 3 aromatic rings. The predicted molar refractivity (Wildman–Crippen MR) is 150 cm³/mol. The summed E-state index contributed by atoms with van der Waals surface area (Å²) in [5.41, 5.74) is -1.31. The third kappa shape index (κ3) is 6.98. The fourth-order valence-corrected chi connectivity index (χ4v) is 6.00. The van der Waals surface area contributed by atoms with Gasteiger partial charge in [-0.05, 0) is 53.5 Å². The summed E-state index contributed by atoms with van der Waals surface area (Å²) in [6.45, 7) is 8.55. The number of piperidine rings is 1. The number of carboxylic acid groups (broad SMARTS) is 1. The number of rotatable bonds is 7. The van der Waals surface area contributed by atoms with E-state index in [1.807, 2.05) is 32.6 Å². The predicted octanol–water partition coefficient (Wildman–Crippen LogP) is 6.34. The largest absolute Gasteiger partial charge is 0.481 e. The second-order valence-corrected chi connectivity index (χ2v) is 13.3. The number of alkyl halides is 3.